The molecule has 5 heteroatoms. The van der Waals surface area contributed by atoms with Gasteiger partial charge in [0.15, 0.2) is 0 Å². The number of hydrogen-bond donors (Lipinski definition) is 1. The zero-order valence-corrected chi connectivity index (χ0v) is 7.75. The van der Waals surface area contributed by atoms with Gasteiger partial charge >= 0.3 is 0 Å². The molecule has 0 amide bonds. The molecule has 3 nitrogen and oxygen atoms in total. The molecule has 0 aromatic rings. The molecule has 1 aliphatic rings. The van der Waals surface area contributed by atoms with E-state index in [0.29, 0.717) is 24.1 Å². The molecular weight excluding hydrogens is 182 g/mol. The van der Waals surface area contributed by atoms with Crippen LogP contribution in [0.3, 0.4) is 0 Å². The van der Waals surface area contributed by atoms with E-state index in [4.69, 9.17) is 27.4 Å². The van der Waals surface area contributed by atoms with Crippen LogP contribution in [0.25, 0.3) is 0 Å². The predicted octanol–water partition coefficient (Wildman–Crippen LogP) is 0.379. The molecule has 0 aromatic carbocycles. The molecule has 0 saturated carbocycles. The summed E-state index contributed by atoms with van der Waals surface area (Å²) in [6.07, 6.45) is 0.162. The Bertz CT molecular complexity index is 137. The lowest BCUT2D eigenvalue weighted by Crippen LogP contribution is -2.31. The van der Waals surface area contributed by atoms with Gasteiger partial charge in [0.2, 0.25) is 0 Å². The van der Waals surface area contributed by atoms with E-state index >= 15 is 0 Å². The Labute approximate surface area is 75.6 Å². The van der Waals surface area contributed by atoms with E-state index in [-0.39, 0.29) is 6.10 Å². The Balaban J connectivity index is 2.09. The van der Waals surface area contributed by atoms with Crippen molar-refractivity contribution in [2.45, 2.75) is 6.10 Å². The Kier molecular flexibility index (Phi) is 4.14. The number of hydrogen-bond acceptors (Lipinski definition) is 4. The molecule has 1 heterocycles. The summed E-state index contributed by atoms with van der Waals surface area (Å²) in [5.74, 6) is 0.801. The zero-order valence-electron chi connectivity index (χ0n) is 6.12. The van der Waals surface area contributed by atoms with E-state index in [0.717, 1.165) is 5.75 Å². The average molecular weight is 193 g/mol. The number of thioether (sulfide) groups is 1. The first-order valence-electron chi connectivity index (χ1n) is 3.40. The van der Waals surface area contributed by atoms with E-state index in [9.17, 15) is 0 Å². The molecular formula is C6H11NO2S2. The smallest absolute Gasteiger partial charge is 0.131 e. The third-order valence-corrected chi connectivity index (χ3v) is 2.47. The van der Waals surface area contributed by atoms with Gasteiger partial charge < -0.3 is 15.2 Å². The van der Waals surface area contributed by atoms with E-state index in [1.807, 2.05) is 0 Å². The van der Waals surface area contributed by atoms with Gasteiger partial charge in [-0.15, -0.1) is 0 Å². The summed E-state index contributed by atoms with van der Waals surface area (Å²) >= 11 is 6.15. The highest BCUT2D eigenvalue weighted by atomic mass is 32.2. The Morgan fingerprint density at radius 2 is 2.45 bits per heavy atom. The SMILES string of the molecule is NC(=S)SC[C@H]1COCCO1. The maximum Gasteiger partial charge on any atom is 0.131 e. The highest BCUT2D eigenvalue weighted by molar-refractivity contribution is 8.22. The molecule has 1 atom stereocenters. The second-order valence-corrected chi connectivity index (χ2v) is 3.96. The fourth-order valence-electron chi connectivity index (χ4n) is 0.808. The maximum absolute atomic E-state index is 5.37. The van der Waals surface area contributed by atoms with Crippen molar-refractivity contribution in [1.82, 2.24) is 0 Å². The minimum atomic E-state index is 0.162. The van der Waals surface area contributed by atoms with Crippen molar-refractivity contribution in [2.24, 2.45) is 5.73 Å². The zero-order chi connectivity index (χ0) is 8.10. The van der Waals surface area contributed by atoms with Crippen LogP contribution in [0.4, 0.5) is 0 Å². The quantitative estimate of drug-likeness (QED) is 0.642. The van der Waals surface area contributed by atoms with Crippen LogP contribution in [-0.4, -0.2) is 36.0 Å². The monoisotopic (exact) mass is 193 g/mol. The molecule has 64 valence electrons. The van der Waals surface area contributed by atoms with E-state index < -0.39 is 0 Å². The molecule has 0 bridgehead atoms. The largest absolute Gasteiger partial charge is 0.385 e. The molecule has 0 aliphatic carbocycles. The molecule has 0 aromatic heterocycles. The summed E-state index contributed by atoms with van der Waals surface area (Å²) in [6.45, 7) is 2.05. The summed E-state index contributed by atoms with van der Waals surface area (Å²) in [4.78, 5) is 0. The van der Waals surface area contributed by atoms with Crippen LogP contribution < -0.4 is 5.73 Å². The number of rotatable bonds is 2. The van der Waals surface area contributed by atoms with E-state index in [1.54, 1.807) is 0 Å². The van der Waals surface area contributed by atoms with Gasteiger partial charge in [-0.1, -0.05) is 24.0 Å². The van der Waals surface area contributed by atoms with Crippen LogP contribution in [0.5, 0.6) is 0 Å². The van der Waals surface area contributed by atoms with Crippen LogP contribution in [0, 0.1) is 0 Å². The summed E-state index contributed by atoms with van der Waals surface area (Å²) in [7, 11) is 0. The molecule has 1 saturated heterocycles. The van der Waals surface area contributed by atoms with Crippen LogP contribution in [0.2, 0.25) is 0 Å². The number of thiocarbonyl (C=S) groups is 1. The minimum Gasteiger partial charge on any atom is -0.385 e. The van der Waals surface area contributed by atoms with Gasteiger partial charge in [0.05, 0.1) is 25.9 Å². The first kappa shape index (κ1) is 9.25. The molecule has 0 spiro atoms. The third-order valence-electron chi connectivity index (χ3n) is 1.30. The molecule has 11 heavy (non-hydrogen) atoms. The van der Waals surface area contributed by atoms with Gasteiger partial charge in [0.1, 0.15) is 4.32 Å². The Morgan fingerprint density at radius 1 is 1.64 bits per heavy atom. The van der Waals surface area contributed by atoms with Crippen molar-refractivity contribution in [1.29, 1.82) is 0 Å². The summed E-state index contributed by atoms with van der Waals surface area (Å²) in [5, 5.41) is 0. The van der Waals surface area contributed by atoms with Crippen LogP contribution >= 0.6 is 24.0 Å². The number of nitrogens with two attached hydrogens (primary N) is 1. The van der Waals surface area contributed by atoms with Crippen LogP contribution in [0.1, 0.15) is 0 Å². The van der Waals surface area contributed by atoms with Crippen molar-refractivity contribution in [3.63, 3.8) is 0 Å². The first-order valence-corrected chi connectivity index (χ1v) is 4.80. The van der Waals surface area contributed by atoms with Crippen molar-refractivity contribution >= 4 is 28.3 Å². The molecule has 1 rings (SSSR count). The van der Waals surface area contributed by atoms with Gasteiger partial charge in [0, 0.05) is 5.75 Å². The third kappa shape index (κ3) is 3.91. The average Bonchev–Trinajstić information content (AvgIpc) is 2.03. The van der Waals surface area contributed by atoms with Crippen molar-refractivity contribution in [3.05, 3.63) is 0 Å². The lowest BCUT2D eigenvalue weighted by atomic mass is 10.4. The highest BCUT2D eigenvalue weighted by Crippen LogP contribution is 2.09. The second kappa shape index (κ2) is 4.92. The second-order valence-electron chi connectivity index (χ2n) is 2.20. The molecule has 0 radical (unpaired) electrons. The van der Waals surface area contributed by atoms with Gasteiger partial charge in [-0.2, -0.15) is 0 Å². The lowest BCUT2D eigenvalue weighted by Gasteiger charge is -2.22. The van der Waals surface area contributed by atoms with E-state index in [2.05, 4.69) is 0 Å². The maximum atomic E-state index is 5.37. The molecule has 1 aliphatic heterocycles. The molecule has 1 fully saturated rings. The first-order chi connectivity index (χ1) is 5.29. The van der Waals surface area contributed by atoms with Crippen LogP contribution in [0.15, 0.2) is 0 Å². The van der Waals surface area contributed by atoms with Gasteiger partial charge in [-0.3, -0.25) is 0 Å². The number of ether oxygens (including phenoxy) is 2. The van der Waals surface area contributed by atoms with Crippen molar-refractivity contribution in [3.8, 4) is 0 Å². The van der Waals surface area contributed by atoms with Gasteiger partial charge in [-0.25, -0.2) is 0 Å². The lowest BCUT2D eigenvalue weighted by molar-refractivity contribution is -0.0775. The minimum absolute atomic E-state index is 0.162. The topological polar surface area (TPSA) is 44.5 Å². The summed E-state index contributed by atoms with van der Waals surface area (Å²) < 4.78 is 11.0. The van der Waals surface area contributed by atoms with Crippen molar-refractivity contribution in [2.75, 3.05) is 25.6 Å². The molecule has 2 N–H and O–H groups in total. The Morgan fingerprint density at radius 3 is 3.00 bits per heavy atom. The van der Waals surface area contributed by atoms with Crippen LogP contribution in [-0.2, 0) is 9.47 Å². The standard InChI is InChI=1S/C6H11NO2S2/c7-6(10)11-4-5-3-8-1-2-9-5/h5H,1-4H2,(H2,7,10)/t5-/m1/s1. The molecule has 0 unspecified atom stereocenters. The normalized spacial score (nSPS) is 24.9. The summed E-state index contributed by atoms with van der Waals surface area (Å²) in [6, 6.07) is 0. The highest BCUT2D eigenvalue weighted by Gasteiger charge is 2.14. The van der Waals surface area contributed by atoms with Gasteiger partial charge in [-0.05, 0) is 0 Å². The van der Waals surface area contributed by atoms with Gasteiger partial charge in [0.25, 0.3) is 0 Å². The Hall–Kier alpha value is 0.160. The fraction of sp³-hybridized carbons (Fsp3) is 0.833. The fourth-order valence-corrected chi connectivity index (χ4v) is 1.55. The van der Waals surface area contributed by atoms with E-state index in [1.165, 1.54) is 11.8 Å². The predicted molar refractivity (Wildman–Crippen MR) is 49.8 cm³/mol. The van der Waals surface area contributed by atoms with Crippen molar-refractivity contribution < 1.29 is 9.47 Å². The summed E-state index contributed by atoms with van der Waals surface area (Å²) in [5.41, 5.74) is 5.31.